The molecule has 0 fully saturated rings. The van der Waals surface area contributed by atoms with Gasteiger partial charge in [-0.1, -0.05) is 41.7 Å². The van der Waals surface area contributed by atoms with Crippen LogP contribution in [0.5, 0.6) is 0 Å². The van der Waals surface area contributed by atoms with Crippen LogP contribution < -0.4 is 11.1 Å². The number of nitrogens with two attached hydrogens (primary N) is 1. The number of hydrogen-bond donors (Lipinski definition) is 2. The number of nitrogens with one attached hydrogen (secondary N) is 1. The zero-order valence-corrected chi connectivity index (χ0v) is 12.0. The summed E-state index contributed by atoms with van der Waals surface area (Å²) in [6.07, 6.45) is 0. The van der Waals surface area contributed by atoms with Gasteiger partial charge in [0.2, 0.25) is 0 Å². The third-order valence-electron chi connectivity index (χ3n) is 3.03. The van der Waals surface area contributed by atoms with Crippen LogP contribution in [0.25, 0.3) is 0 Å². The summed E-state index contributed by atoms with van der Waals surface area (Å²) >= 11 is 0. The summed E-state index contributed by atoms with van der Waals surface area (Å²) in [6, 6.07) is 15.3. The maximum atomic E-state index is 12.0. The summed E-state index contributed by atoms with van der Waals surface area (Å²) in [5, 5.41) is 2.91. The Bertz CT molecular complexity index is 678. The van der Waals surface area contributed by atoms with Gasteiger partial charge in [-0.2, -0.15) is 0 Å². The maximum absolute atomic E-state index is 12.0. The molecule has 1 amide bonds. The number of hydrogen-bond acceptors (Lipinski definition) is 2. The van der Waals surface area contributed by atoms with Gasteiger partial charge < -0.3 is 11.1 Å². The number of benzene rings is 2. The number of aryl methyl sites for hydroxylation is 1. The fraction of sp³-hybridized carbons (Fsp3) is 0.167. The second-order valence-corrected chi connectivity index (χ2v) is 4.75. The van der Waals surface area contributed by atoms with Crippen LogP contribution in [0.2, 0.25) is 0 Å². The van der Waals surface area contributed by atoms with Crippen molar-refractivity contribution >= 4 is 5.91 Å². The van der Waals surface area contributed by atoms with Gasteiger partial charge in [0.1, 0.15) is 0 Å². The maximum Gasteiger partial charge on any atom is 0.251 e. The molecule has 2 aromatic carbocycles. The molecule has 21 heavy (non-hydrogen) atoms. The lowest BCUT2D eigenvalue weighted by atomic mass is 10.1. The predicted octanol–water partition coefficient (Wildman–Crippen LogP) is 2.24. The van der Waals surface area contributed by atoms with Crippen molar-refractivity contribution in [1.29, 1.82) is 0 Å². The van der Waals surface area contributed by atoms with Crippen molar-refractivity contribution in [3.8, 4) is 11.8 Å². The van der Waals surface area contributed by atoms with Gasteiger partial charge in [-0.3, -0.25) is 4.79 Å². The first-order chi connectivity index (χ1) is 10.2. The van der Waals surface area contributed by atoms with Gasteiger partial charge in [-0.05, 0) is 36.8 Å². The van der Waals surface area contributed by atoms with Gasteiger partial charge >= 0.3 is 0 Å². The van der Waals surface area contributed by atoms with Gasteiger partial charge in [0.05, 0.1) is 6.54 Å². The average Bonchev–Trinajstić information content (AvgIpc) is 2.52. The Labute approximate surface area is 125 Å². The van der Waals surface area contributed by atoms with Gasteiger partial charge in [-0.25, -0.2) is 0 Å². The van der Waals surface area contributed by atoms with Crippen molar-refractivity contribution in [3.05, 3.63) is 70.8 Å². The molecule has 3 N–H and O–H groups in total. The molecule has 0 aliphatic rings. The molecular weight excluding hydrogens is 260 g/mol. The fourth-order valence-corrected chi connectivity index (χ4v) is 1.90. The highest BCUT2D eigenvalue weighted by atomic mass is 16.1. The molecule has 0 heterocycles. The van der Waals surface area contributed by atoms with E-state index in [0.717, 1.165) is 16.7 Å². The van der Waals surface area contributed by atoms with Crippen molar-refractivity contribution in [2.24, 2.45) is 5.73 Å². The summed E-state index contributed by atoms with van der Waals surface area (Å²) in [6.45, 7) is 2.81. The Morgan fingerprint density at radius 2 is 1.95 bits per heavy atom. The van der Waals surface area contributed by atoms with Crippen molar-refractivity contribution < 1.29 is 4.79 Å². The normalized spacial score (nSPS) is 9.62. The van der Waals surface area contributed by atoms with Gasteiger partial charge in [0, 0.05) is 17.7 Å². The highest BCUT2D eigenvalue weighted by Crippen LogP contribution is 2.06. The minimum Gasteiger partial charge on any atom is -0.348 e. The number of carbonyl (C=O) groups excluding carboxylic acids is 1. The molecule has 3 nitrogen and oxygen atoms in total. The van der Waals surface area contributed by atoms with Crippen LogP contribution in [0.15, 0.2) is 48.5 Å². The van der Waals surface area contributed by atoms with E-state index in [0.29, 0.717) is 18.7 Å². The molecule has 3 heteroatoms. The molecule has 2 aromatic rings. The fourth-order valence-electron chi connectivity index (χ4n) is 1.90. The Balaban J connectivity index is 1.99. The Morgan fingerprint density at radius 1 is 1.19 bits per heavy atom. The number of carbonyl (C=O) groups is 1. The largest absolute Gasteiger partial charge is 0.348 e. The second kappa shape index (κ2) is 7.28. The molecule has 0 saturated carbocycles. The van der Waals surface area contributed by atoms with E-state index in [4.69, 9.17) is 5.73 Å². The van der Waals surface area contributed by atoms with E-state index < -0.39 is 0 Å². The average molecular weight is 278 g/mol. The second-order valence-electron chi connectivity index (χ2n) is 4.75. The van der Waals surface area contributed by atoms with E-state index in [-0.39, 0.29) is 5.91 Å². The summed E-state index contributed by atoms with van der Waals surface area (Å²) in [5.41, 5.74) is 9.08. The first-order valence-corrected chi connectivity index (χ1v) is 6.82. The smallest absolute Gasteiger partial charge is 0.251 e. The molecular formula is C18H18N2O. The van der Waals surface area contributed by atoms with Crippen molar-refractivity contribution in [2.45, 2.75) is 13.5 Å². The number of rotatable bonds is 3. The Kier molecular flexibility index (Phi) is 5.14. The summed E-state index contributed by atoms with van der Waals surface area (Å²) < 4.78 is 0. The third kappa shape index (κ3) is 4.48. The molecule has 0 atom stereocenters. The van der Waals surface area contributed by atoms with Crippen LogP contribution in [0, 0.1) is 18.8 Å². The summed E-state index contributed by atoms with van der Waals surface area (Å²) in [5.74, 6) is 5.73. The molecule has 0 unspecified atom stereocenters. The van der Waals surface area contributed by atoms with Crippen molar-refractivity contribution in [3.63, 3.8) is 0 Å². The van der Waals surface area contributed by atoms with Crippen LogP contribution in [0.1, 0.15) is 27.0 Å². The zero-order chi connectivity index (χ0) is 15.1. The molecule has 0 aromatic heterocycles. The summed E-state index contributed by atoms with van der Waals surface area (Å²) in [4.78, 5) is 12.0. The minimum atomic E-state index is -0.0755. The Hall–Kier alpha value is -2.57. The van der Waals surface area contributed by atoms with E-state index >= 15 is 0 Å². The molecule has 0 bridgehead atoms. The molecule has 106 valence electrons. The minimum absolute atomic E-state index is 0.0755. The molecule has 2 rings (SSSR count). The lowest BCUT2D eigenvalue weighted by Crippen LogP contribution is -2.22. The molecule has 0 spiro atoms. The first-order valence-electron chi connectivity index (χ1n) is 6.82. The van der Waals surface area contributed by atoms with E-state index in [1.807, 2.05) is 55.5 Å². The first kappa shape index (κ1) is 14.8. The monoisotopic (exact) mass is 278 g/mol. The van der Waals surface area contributed by atoms with E-state index in [1.54, 1.807) is 0 Å². The topological polar surface area (TPSA) is 55.1 Å². The SMILES string of the molecule is Cc1ccc(C(=O)NCc2cccc(C#CCN)c2)cc1. The highest BCUT2D eigenvalue weighted by molar-refractivity contribution is 5.94. The Morgan fingerprint density at radius 3 is 2.67 bits per heavy atom. The van der Waals surface area contributed by atoms with Gasteiger partial charge in [0.15, 0.2) is 0 Å². The molecule has 0 radical (unpaired) electrons. The van der Waals surface area contributed by atoms with Crippen LogP contribution in [0.4, 0.5) is 0 Å². The van der Waals surface area contributed by atoms with Crippen molar-refractivity contribution in [1.82, 2.24) is 5.32 Å². The zero-order valence-electron chi connectivity index (χ0n) is 12.0. The van der Waals surface area contributed by atoms with Gasteiger partial charge in [-0.15, -0.1) is 0 Å². The molecule has 0 aliphatic carbocycles. The van der Waals surface area contributed by atoms with Crippen LogP contribution in [-0.4, -0.2) is 12.5 Å². The highest BCUT2D eigenvalue weighted by Gasteiger charge is 2.04. The van der Waals surface area contributed by atoms with Gasteiger partial charge in [0.25, 0.3) is 5.91 Å². The van der Waals surface area contributed by atoms with E-state index in [9.17, 15) is 4.79 Å². The van der Waals surface area contributed by atoms with Crippen LogP contribution in [-0.2, 0) is 6.54 Å². The lowest BCUT2D eigenvalue weighted by molar-refractivity contribution is 0.0951. The quantitative estimate of drug-likeness (QED) is 0.846. The lowest BCUT2D eigenvalue weighted by Gasteiger charge is -2.06. The van der Waals surface area contributed by atoms with Crippen LogP contribution >= 0.6 is 0 Å². The number of amides is 1. The standard InChI is InChI=1S/C18H18N2O/c1-14-7-9-17(10-8-14)18(21)20-13-16-5-2-4-15(12-16)6-3-11-19/h2,4-5,7-10,12H,11,13,19H2,1H3,(H,20,21). The molecule has 0 aliphatic heterocycles. The third-order valence-corrected chi connectivity index (χ3v) is 3.03. The van der Waals surface area contributed by atoms with Crippen LogP contribution in [0.3, 0.4) is 0 Å². The predicted molar refractivity (Wildman–Crippen MR) is 84.7 cm³/mol. The van der Waals surface area contributed by atoms with E-state index in [2.05, 4.69) is 17.2 Å². The van der Waals surface area contributed by atoms with E-state index in [1.165, 1.54) is 0 Å². The van der Waals surface area contributed by atoms with Crippen molar-refractivity contribution in [2.75, 3.05) is 6.54 Å². The summed E-state index contributed by atoms with van der Waals surface area (Å²) in [7, 11) is 0. The molecule has 0 saturated heterocycles.